The van der Waals surface area contributed by atoms with Crippen molar-refractivity contribution in [1.29, 1.82) is 0 Å². The van der Waals surface area contributed by atoms with E-state index in [1.165, 1.54) is 6.07 Å². The SMILES string of the molecule is Fc1ccccc1C(Cl)Cc1ccc2ccccc2n1. The average Bonchev–Trinajstić information content (AvgIpc) is 2.47. The molecule has 3 rings (SSSR count). The summed E-state index contributed by atoms with van der Waals surface area (Å²) in [5.74, 6) is -0.270. The van der Waals surface area contributed by atoms with Crippen LogP contribution in [0.2, 0.25) is 0 Å². The number of alkyl halides is 1. The molecule has 2 aromatic carbocycles. The third-order valence-electron chi connectivity index (χ3n) is 3.29. The molecule has 1 atom stereocenters. The van der Waals surface area contributed by atoms with E-state index in [0.29, 0.717) is 12.0 Å². The van der Waals surface area contributed by atoms with Crippen LogP contribution in [0.3, 0.4) is 0 Å². The van der Waals surface area contributed by atoms with Crippen LogP contribution in [0.5, 0.6) is 0 Å². The van der Waals surface area contributed by atoms with E-state index in [0.717, 1.165) is 16.6 Å². The van der Waals surface area contributed by atoms with Crippen molar-refractivity contribution in [2.24, 2.45) is 0 Å². The maximum Gasteiger partial charge on any atom is 0.127 e. The smallest absolute Gasteiger partial charge is 0.127 e. The zero-order valence-corrected chi connectivity index (χ0v) is 11.5. The molecule has 1 nitrogen and oxygen atoms in total. The molecular weight excluding hydrogens is 273 g/mol. The molecule has 0 amide bonds. The Kier molecular flexibility index (Phi) is 3.66. The summed E-state index contributed by atoms with van der Waals surface area (Å²) < 4.78 is 13.7. The molecule has 0 aliphatic rings. The van der Waals surface area contributed by atoms with Crippen LogP contribution >= 0.6 is 11.6 Å². The Morgan fingerprint density at radius 2 is 1.70 bits per heavy atom. The van der Waals surface area contributed by atoms with Crippen molar-refractivity contribution in [3.05, 3.63) is 77.7 Å². The van der Waals surface area contributed by atoms with Crippen molar-refractivity contribution < 1.29 is 4.39 Å². The molecule has 0 aliphatic carbocycles. The molecule has 20 heavy (non-hydrogen) atoms. The highest BCUT2D eigenvalue weighted by molar-refractivity contribution is 6.20. The minimum absolute atomic E-state index is 0.270. The normalized spacial score (nSPS) is 12.5. The Morgan fingerprint density at radius 1 is 0.950 bits per heavy atom. The number of para-hydroxylation sites is 1. The molecule has 0 saturated heterocycles. The molecule has 0 radical (unpaired) electrons. The molecule has 0 N–H and O–H groups in total. The van der Waals surface area contributed by atoms with Gasteiger partial charge in [0.2, 0.25) is 0 Å². The van der Waals surface area contributed by atoms with Crippen LogP contribution in [0.1, 0.15) is 16.6 Å². The van der Waals surface area contributed by atoms with Gasteiger partial charge in [-0.25, -0.2) is 4.39 Å². The van der Waals surface area contributed by atoms with E-state index < -0.39 is 5.38 Å². The maximum absolute atomic E-state index is 13.7. The van der Waals surface area contributed by atoms with Gasteiger partial charge in [-0.1, -0.05) is 42.5 Å². The van der Waals surface area contributed by atoms with Crippen LogP contribution in [0.15, 0.2) is 60.7 Å². The largest absolute Gasteiger partial charge is 0.253 e. The predicted molar refractivity (Wildman–Crippen MR) is 80.4 cm³/mol. The number of rotatable bonds is 3. The molecule has 1 unspecified atom stereocenters. The number of fused-ring (bicyclic) bond motifs is 1. The van der Waals surface area contributed by atoms with Crippen LogP contribution < -0.4 is 0 Å². The summed E-state index contributed by atoms with van der Waals surface area (Å²) in [4.78, 5) is 4.56. The molecule has 0 aliphatic heterocycles. The number of hydrogen-bond acceptors (Lipinski definition) is 1. The molecule has 1 aromatic heterocycles. The number of pyridine rings is 1. The number of halogens is 2. The summed E-state index contributed by atoms with van der Waals surface area (Å²) in [6.45, 7) is 0. The van der Waals surface area contributed by atoms with Crippen molar-refractivity contribution in [1.82, 2.24) is 4.98 Å². The first-order chi connectivity index (χ1) is 9.74. The second kappa shape index (κ2) is 5.59. The van der Waals surface area contributed by atoms with Gasteiger partial charge in [0, 0.05) is 23.1 Å². The van der Waals surface area contributed by atoms with E-state index in [2.05, 4.69) is 4.98 Å². The summed E-state index contributed by atoms with van der Waals surface area (Å²) in [6.07, 6.45) is 0.507. The Hall–Kier alpha value is -1.93. The summed E-state index contributed by atoms with van der Waals surface area (Å²) in [7, 11) is 0. The third-order valence-corrected chi connectivity index (χ3v) is 3.68. The Labute approximate surface area is 122 Å². The first-order valence-electron chi connectivity index (χ1n) is 6.47. The fourth-order valence-corrected chi connectivity index (χ4v) is 2.58. The third kappa shape index (κ3) is 2.66. The number of aromatic nitrogens is 1. The van der Waals surface area contributed by atoms with Gasteiger partial charge in [-0.3, -0.25) is 4.98 Å². The van der Waals surface area contributed by atoms with E-state index in [-0.39, 0.29) is 5.82 Å². The Morgan fingerprint density at radius 3 is 2.55 bits per heavy atom. The molecule has 0 fully saturated rings. The standard InChI is InChI=1S/C17H13ClFN/c18-15(14-6-2-3-7-16(14)19)11-13-10-9-12-5-1-4-8-17(12)20-13/h1-10,15H,11H2. The van der Waals surface area contributed by atoms with Crippen molar-refractivity contribution >= 4 is 22.5 Å². The Balaban J connectivity index is 1.87. The lowest BCUT2D eigenvalue weighted by Crippen LogP contribution is -2.00. The van der Waals surface area contributed by atoms with Gasteiger partial charge in [0.25, 0.3) is 0 Å². The highest BCUT2D eigenvalue weighted by Gasteiger charge is 2.14. The monoisotopic (exact) mass is 285 g/mol. The van der Waals surface area contributed by atoms with Gasteiger partial charge in [0.1, 0.15) is 5.82 Å². The van der Waals surface area contributed by atoms with Crippen LogP contribution in [0, 0.1) is 5.82 Å². The average molecular weight is 286 g/mol. The van der Waals surface area contributed by atoms with E-state index in [4.69, 9.17) is 11.6 Å². The topological polar surface area (TPSA) is 12.9 Å². The summed E-state index contributed by atoms with van der Waals surface area (Å²) in [5, 5.41) is 0.679. The lowest BCUT2D eigenvalue weighted by molar-refractivity contribution is 0.605. The van der Waals surface area contributed by atoms with Gasteiger partial charge >= 0.3 is 0 Å². The van der Waals surface area contributed by atoms with Crippen LogP contribution in [-0.4, -0.2) is 4.98 Å². The van der Waals surface area contributed by atoms with E-state index >= 15 is 0 Å². The lowest BCUT2D eigenvalue weighted by Gasteiger charge is -2.11. The minimum atomic E-state index is -0.412. The number of hydrogen-bond donors (Lipinski definition) is 0. The van der Waals surface area contributed by atoms with Gasteiger partial charge in [0.05, 0.1) is 10.9 Å². The summed E-state index contributed by atoms with van der Waals surface area (Å²) in [5.41, 5.74) is 2.32. The molecule has 3 aromatic rings. The first kappa shape index (κ1) is 13.1. The maximum atomic E-state index is 13.7. The minimum Gasteiger partial charge on any atom is -0.253 e. The molecule has 100 valence electrons. The molecular formula is C17H13ClFN. The van der Waals surface area contributed by atoms with Gasteiger partial charge in [-0.15, -0.1) is 11.6 Å². The van der Waals surface area contributed by atoms with Crippen molar-refractivity contribution in [3.63, 3.8) is 0 Å². The van der Waals surface area contributed by atoms with Crippen LogP contribution in [0.25, 0.3) is 10.9 Å². The fourth-order valence-electron chi connectivity index (χ4n) is 2.24. The lowest BCUT2D eigenvalue weighted by atomic mass is 10.1. The van der Waals surface area contributed by atoms with Gasteiger partial charge in [0.15, 0.2) is 0 Å². The van der Waals surface area contributed by atoms with Crippen LogP contribution in [-0.2, 0) is 6.42 Å². The molecule has 3 heteroatoms. The zero-order chi connectivity index (χ0) is 13.9. The number of nitrogens with zero attached hydrogens (tertiary/aromatic N) is 1. The molecule has 0 bridgehead atoms. The van der Waals surface area contributed by atoms with Gasteiger partial charge in [-0.05, 0) is 18.2 Å². The highest BCUT2D eigenvalue weighted by atomic mass is 35.5. The van der Waals surface area contributed by atoms with Gasteiger partial charge < -0.3 is 0 Å². The Bertz CT molecular complexity index is 742. The second-order valence-electron chi connectivity index (χ2n) is 4.69. The fraction of sp³-hybridized carbons (Fsp3) is 0.118. The van der Waals surface area contributed by atoms with E-state index in [9.17, 15) is 4.39 Å². The highest BCUT2D eigenvalue weighted by Crippen LogP contribution is 2.27. The number of benzene rings is 2. The van der Waals surface area contributed by atoms with Crippen LogP contribution in [0.4, 0.5) is 4.39 Å². The summed E-state index contributed by atoms with van der Waals surface area (Å²) in [6, 6.07) is 18.5. The van der Waals surface area contributed by atoms with Crippen molar-refractivity contribution in [2.75, 3.05) is 0 Å². The quantitative estimate of drug-likeness (QED) is 0.624. The summed E-state index contributed by atoms with van der Waals surface area (Å²) >= 11 is 6.32. The molecule has 0 spiro atoms. The van der Waals surface area contributed by atoms with Gasteiger partial charge in [-0.2, -0.15) is 0 Å². The van der Waals surface area contributed by atoms with E-state index in [1.807, 2.05) is 36.4 Å². The van der Waals surface area contributed by atoms with Crippen molar-refractivity contribution in [3.8, 4) is 0 Å². The molecule has 1 heterocycles. The second-order valence-corrected chi connectivity index (χ2v) is 5.22. The predicted octanol–water partition coefficient (Wildman–Crippen LogP) is 4.90. The zero-order valence-electron chi connectivity index (χ0n) is 10.8. The van der Waals surface area contributed by atoms with E-state index in [1.54, 1.807) is 18.2 Å². The van der Waals surface area contributed by atoms with Crippen molar-refractivity contribution in [2.45, 2.75) is 11.8 Å². The molecule has 0 saturated carbocycles. The first-order valence-corrected chi connectivity index (χ1v) is 6.91.